The minimum absolute atomic E-state index is 0.0258. The number of likely N-dealkylation sites (tertiary alicyclic amines) is 1. The van der Waals surface area contributed by atoms with Crippen molar-refractivity contribution in [2.45, 2.75) is 19.3 Å². The number of carbonyl (C=O) groups excluding carboxylic acids is 1. The second-order valence-electron chi connectivity index (χ2n) is 6.11. The molecule has 7 heteroatoms. The second-order valence-corrected chi connectivity index (χ2v) is 6.11. The third-order valence-electron chi connectivity index (χ3n) is 4.75. The number of nitrogens with one attached hydrogen (secondary N) is 1. The number of phenols is 1. The summed E-state index contributed by atoms with van der Waals surface area (Å²) in [5, 5.41) is 12.5. The molecule has 0 aromatic heterocycles. The van der Waals surface area contributed by atoms with Gasteiger partial charge in [0.25, 0.3) is 5.91 Å². The standard InChI is InChI=1S/C15H17F3N2O2/c16-10-7-9(11(17)13(21)12(10)18)14(22)20-6-3-15(8-20)1-4-19-5-2-15/h7,19,21H,1-6,8H2. The van der Waals surface area contributed by atoms with Gasteiger partial charge in [-0.25, -0.2) is 8.78 Å². The summed E-state index contributed by atoms with van der Waals surface area (Å²) < 4.78 is 40.3. The summed E-state index contributed by atoms with van der Waals surface area (Å²) in [5.41, 5.74) is -0.597. The molecule has 1 amide bonds. The molecule has 2 fully saturated rings. The predicted octanol–water partition coefficient (Wildman–Crippen LogP) is 2.03. The SMILES string of the molecule is O=C(c1cc(F)c(F)c(O)c1F)N1CCC2(CCNCC2)C1. The van der Waals surface area contributed by atoms with Crippen molar-refractivity contribution in [2.24, 2.45) is 5.41 Å². The van der Waals surface area contributed by atoms with E-state index in [1.54, 1.807) is 0 Å². The highest BCUT2D eigenvalue weighted by Crippen LogP contribution is 2.39. The van der Waals surface area contributed by atoms with Gasteiger partial charge in [-0.1, -0.05) is 0 Å². The molecule has 2 heterocycles. The highest BCUT2D eigenvalue weighted by molar-refractivity contribution is 5.95. The van der Waals surface area contributed by atoms with Gasteiger partial charge >= 0.3 is 0 Å². The Bertz CT molecular complexity index is 615. The van der Waals surface area contributed by atoms with E-state index >= 15 is 0 Å². The highest BCUT2D eigenvalue weighted by atomic mass is 19.2. The largest absolute Gasteiger partial charge is 0.503 e. The van der Waals surface area contributed by atoms with Crippen LogP contribution >= 0.6 is 0 Å². The van der Waals surface area contributed by atoms with Crippen LogP contribution < -0.4 is 5.32 Å². The van der Waals surface area contributed by atoms with Crippen LogP contribution in [-0.2, 0) is 0 Å². The first kappa shape index (κ1) is 15.1. The summed E-state index contributed by atoms with van der Waals surface area (Å²) >= 11 is 0. The monoisotopic (exact) mass is 314 g/mol. The Kier molecular flexibility index (Phi) is 3.76. The van der Waals surface area contributed by atoms with Gasteiger partial charge in [0.1, 0.15) is 0 Å². The molecule has 22 heavy (non-hydrogen) atoms. The summed E-state index contributed by atoms with van der Waals surface area (Å²) in [7, 11) is 0. The summed E-state index contributed by atoms with van der Waals surface area (Å²) in [5.74, 6) is -6.67. The van der Waals surface area contributed by atoms with Crippen LogP contribution in [0.4, 0.5) is 13.2 Å². The number of carbonyl (C=O) groups is 1. The zero-order valence-corrected chi connectivity index (χ0v) is 12.0. The van der Waals surface area contributed by atoms with E-state index in [-0.39, 0.29) is 5.41 Å². The number of benzene rings is 1. The molecule has 1 aromatic carbocycles. The Morgan fingerprint density at radius 2 is 1.86 bits per heavy atom. The minimum atomic E-state index is -1.68. The molecular formula is C15H17F3N2O2. The van der Waals surface area contributed by atoms with E-state index in [1.807, 2.05) is 0 Å². The van der Waals surface area contributed by atoms with Crippen LogP contribution in [0.1, 0.15) is 29.6 Å². The minimum Gasteiger partial charge on any atom is -0.503 e. The molecule has 120 valence electrons. The number of piperidine rings is 1. The molecule has 0 bridgehead atoms. The Hall–Kier alpha value is -1.76. The Morgan fingerprint density at radius 1 is 1.18 bits per heavy atom. The molecule has 4 nitrogen and oxygen atoms in total. The normalized spacial score (nSPS) is 20.6. The number of hydrogen-bond acceptors (Lipinski definition) is 3. The summed E-state index contributed by atoms with van der Waals surface area (Å²) in [6.07, 6.45) is 2.68. The molecule has 0 saturated carbocycles. The van der Waals surface area contributed by atoms with Crippen molar-refractivity contribution >= 4 is 5.91 Å². The molecule has 1 aromatic rings. The Morgan fingerprint density at radius 3 is 2.55 bits per heavy atom. The number of halogens is 3. The molecule has 2 N–H and O–H groups in total. The summed E-state index contributed by atoms with van der Waals surface area (Å²) in [6.45, 7) is 2.69. The van der Waals surface area contributed by atoms with Gasteiger partial charge in [0.05, 0.1) is 5.56 Å². The summed E-state index contributed by atoms with van der Waals surface area (Å²) in [4.78, 5) is 13.8. The lowest BCUT2D eigenvalue weighted by atomic mass is 9.78. The lowest BCUT2D eigenvalue weighted by molar-refractivity contribution is 0.0755. The van der Waals surface area contributed by atoms with Crippen molar-refractivity contribution in [2.75, 3.05) is 26.2 Å². The van der Waals surface area contributed by atoms with Crippen LogP contribution in [0.3, 0.4) is 0 Å². The van der Waals surface area contributed by atoms with Gasteiger partial charge in [-0.05, 0) is 43.8 Å². The van der Waals surface area contributed by atoms with Crippen LogP contribution in [0.2, 0.25) is 0 Å². The smallest absolute Gasteiger partial charge is 0.257 e. The van der Waals surface area contributed by atoms with E-state index in [1.165, 1.54) is 4.90 Å². The zero-order valence-electron chi connectivity index (χ0n) is 12.0. The molecule has 3 rings (SSSR count). The number of amides is 1. The Labute approximate surface area is 125 Å². The van der Waals surface area contributed by atoms with E-state index in [2.05, 4.69) is 5.32 Å². The van der Waals surface area contributed by atoms with Gasteiger partial charge in [0.15, 0.2) is 17.4 Å². The van der Waals surface area contributed by atoms with Gasteiger partial charge in [-0.3, -0.25) is 4.79 Å². The first-order valence-electron chi connectivity index (χ1n) is 7.30. The van der Waals surface area contributed by atoms with Crippen LogP contribution in [0.5, 0.6) is 5.75 Å². The first-order chi connectivity index (χ1) is 10.4. The maximum atomic E-state index is 13.9. The van der Waals surface area contributed by atoms with Crippen molar-refractivity contribution in [1.82, 2.24) is 10.2 Å². The number of nitrogens with zero attached hydrogens (tertiary/aromatic N) is 1. The van der Waals surface area contributed by atoms with E-state index < -0.39 is 34.7 Å². The van der Waals surface area contributed by atoms with Crippen molar-refractivity contribution in [3.05, 3.63) is 29.1 Å². The first-order valence-corrected chi connectivity index (χ1v) is 7.30. The fourth-order valence-corrected chi connectivity index (χ4v) is 3.39. The quantitative estimate of drug-likeness (QED) is 0.780. The van der Waals surface area contributed by atoms with Gasteiger partial charge in [0, 0.05) is 13.1 Å². The second kappa shape index (κ2) is 5.46. The summed E-state index contributed by atoms with van der Waals surface area (Å²) in [6, 6.07) is 0.514. The highest BCUT2D eigenvalue weighted by Gasteiger charge is 2.41. The molecule has 1 spiro atoms. The molecule has 0 aliphatic carbocycles. The molecular weight excluding hydrogens is 297 g/mol. The van der Waals surface area contributed by atoms with Gasteiger partial charge in [-0.2, -0.15) is 4.39 Å². The van der Waals surface area contributed by atoms with E-state index in [9.17, 15) is 23.1 Å². The van der Waals surface area contributed by atoms with Crippen molar-refractivity contribution < 1.29 is 23.1 Å². The molecule has 0 radical (unpaired) electrons. The molecule has 2 saturated heterocycles. The van der Waals surface area contributed by atoms with Crippen LogP contribution in [0.15, 0.2) is 6.07 Å². The number of rotatable bonds is 1. The fourth-order valence-electron chi connectivity index (χ4n) is 3.39. The lowest BCUT2D eigenvalue weighted by Gasteiger charge is -2.33. The molecule has 2 aliphatic rings. The maximum absolute atomic E-state index is 13.9. The third-order valence-corrected chi connectivity index (χ3v) is 4.75. The topological polar surface area (TPSA) is 52.6 Å². The predicted molar refractivity (Wildman–Crippen MR) is 73.0 cm³/mol. The van der Waals surface area contributed by atoms with Gasteiger partial charge in [0.2, 0.25) is 5.82 Å². The molecule has 0 unspecified atom stereocenters. The van der Waals surface area contributed by atoms with Crippen molar-refractivity contribution in [1.29, 1.82) is 0 Å². The van der Waals surface area contributed by atoms with Crippen LogP contribution in [0.25, 0.3) is 0 Å². The van der Waals surface area contributed by atoms with Gasteiger partial charge in [-0.15, -0.1) is 0 Å². The van der Waals surface area contributed by atoms with E-state index in [4.69, 9.17) is 0 Å². The number of aromatic hydroxyl groups is 1. The Balaban J connectivity index is 1.83. The number of phenolic OH excluding ortho intramolecular Hbond substituents is 1. The molecule has 0 atom stereocenters. The average Bonchev–Trinajstić information content (AvgIpc) is 2.92. The fraction of sp³-hybridized carbons (Fsp3) is 0.533. The third kappa shape index (κ3) is 2.43. The van der Waals surface area contributed by atoms with Crippen molar-refractivity contribution in [3.63, 3.8) is 0 Å². The zero-order chi connectivity index (χ0) is 15.9. The van der Waals surface area contributed by atoms with Gasteiger partial charge < -0.3 is 15.3 Å². The number of hydrogen-bond donors (Lipinski definition) is 2. The van der Waals surface area contributed by atoms with E-state index in [0.29, 0.717) is 19.2 Å². The average molecular weight is 314 g/mol. The van der Waals surface area contributed by atoms with Crippen LogP contribution in [-0.4, -0.2) is 42.1 Å². The maximum Gasteiger partial charge on any atom is 0.257 e. The van der Waals surface area contributed by atoms with Crippen molar-refractivity contribution in [3.8, 4) is 5.75 Å². The van der Waals surface area contributed by atoms with Crippen LogP contribution in [0, 0.1) is 22.9 Å². The molecule has 2 aliphatic heterocycles. The van der Waals surface area contributed by atoms with E-state index in [0.717, 1.165) is 32.4 Å². The lowest BCUT2D eigenvalue weighted by Crippen LogP contribution is -2.40.